The van der Waals surface area contributed by atoms with Crippen molar-refractivity contribution in [2.24, 2.45) is 5.92 Å². The lowest BCUT2D eigenvalue weighted by Crippen LogP contribution is -2.52. The van der Waals surface area contributed by atoms with Crippen LogP contribution in [-0.2, 0) is 14.3 Å². The van der Waals surface area contributed by atoms with Gasteiger partial charge in [-0.05, 0) is 44.1 Å². The molecule has 0 spiro atoms. The van der Waals surface area contributed by atoms with E-state index < -0.39 is 29.0 Å². The summed E-state index contributed by atoms with van der Waals surface area (Å²) >= 11 is 6.48. The van der Waals surface area contributed by atoms with Crippen LogP contribution in [0.2, 0.25) is 0 Å². The summed E-state index contributed by atoms with van der Waals surface area (Å²) in [6, 6.07) is 3.08. The summed E-state index contributed by atoms with van der Waals surface area (Å²) in [5.74, 6) is -2.84. The molecule has 206 valence electrons. The molecule has 2 aromatic heterocycles. The quantitative estimate of drug-likeness (QED) is 0.278. The van der Waals surface area contributed by atoms with Crippen molar-refractivity contribution in [2.45, 2.75) is 39.7 Å². The summed E-state index contributed by atoms with van der Waals surface area (Å²) in [6.45, 7) is 7.30. The number of ether oxygens (including phenoxy) is 1. The Morgan fingerprint density at radius 3 is 2.62 bits per heavy atom. The zero-order chi connectivity index (χ0) is 29.0. The summed E-state index contributed by atoms with van der Waals surface area (Å²) in [6.07, 6.45) is 14.5. The molecule has 0 saturated carbocycles. The van der Waals surface area contributed by atoms with E-state index in [1.54, 1.807) is 6.08 Å². The smallest absolute Gasteiger partial charge is 0.361 e. The van der Waals surface area contributed by atoms with Crippen LogP contribution in [0.1, 0.15) is 55.0 Å². The van der Waals surface area contributed by atoms with Gasteiger partial charge in [0.15, 0.2) is 12.1 Å². The van der Waals surface area contributed by atoms with Gasteiger partial charge in [-0.3, -0.25) is 29.8 Å². The number of fused-ring (bicyclic) bond motifs is 1. The second kappa shape index (κ2) is 11.7. The first-order valence-electron chi connectivity index (χ1n) is 12.5. The van der Waals surface area contributed by atoms with E-state index in [0.29, 0.717) is 17.2 Å². The topological polar surface area (TPSA) is 132 Å². The molecule has 0 radical (unpaired) electrons. The summed E-state index contributed by atoms with van der Waals surface area (Å²) in [4.78, 5) is 60.2. The lowest BCUT2D eigenvalue weighted by atomic mass is 9.79. The molecule has 1 aliphatic heterocycles. The number of amides is 1. The van der Waals surface area contributed by atoms with Gasteiger partial charge in [-0.1, -0.05) is 49.6 Å². The first-order valence-corrected chi connectivity index (χ1v) is 12.8. The molecule has 0 saturated heterocycles. The molecule has 3 heterocycles. The van der Waals surface area contributed by atoms with E-state index in [2.05, 4.69) is 35.3 Å². The number of halogens is 1. The van der Waals surface area contributed by atoms with Crippen molar-refractivity contribution >= 4 is 35.0 Å². The van der Waals surface area contributed by atoms with Crippen LogP contribution in [0.5, 0.6) is 0 Å². The number of nitrogens with one attached hydrogen (secondary N) is 1. The predicted molar refractivity (Wildman–Crippen MR) is 145 cm³/mol. The largest absolute Gasteiger partial charge is 0.451 e. The molecule has 0 fully saturated rings. The average Bonchev–Trinajstić information content (AvgIpc) is 3.50. The number of pyridine rings is 1. The van der Waals surface area contributed by atoms with E-state index in [9.17, 15) is 19.2 Å². The van der Waals surface area contributed by atoms with Crippen LogP contribution >= 0.6 is 11.6 Å². The number of hydrogen-bond acceptors (Lipinski definition) is 9. The zero-order valence-corrected chi connectivity index (χ0v) is 23.1. The number of carbonyl (C=O) groups excluding carboxylic acids is 4. The van der Waals surface area contributed by atoms with Crippen molar-refractivity contribution in [1.82, 2.24) is 20.4 Å². The molecule has 0 aromatic carbocycles. The Morgan fingerprint density at radius 1 is 1.25 bits per heavy atom. The molecule has 4 rings (SSSR count). The Morgan fingerprint density at radius 2 is 1.98 bits per heavy atom. The standard InChI is InChI=1S/C29H27ClN4O6/c1-5-17(2)12-18(3)6-7-20-13-21-22(14-34(20)33-27(37)19-8-10-31-11-9-19)25(35)29(4,26(36)24(21)30)40-28(38)23-15-39-16-32-23/h6-17H,5H2,1-4H3,(H,33,37)/b7-6+,18-12+/t17-,29+/m0/s1. The minimum atomic E-state index is -2.26. The molecule has 10 nitrogen and oxygen atoms in total. The van der Waals surface area contributed by atoms with Gasteiger partial charge in [-0.2, -0.15) is 0 Å². The molecule has 2 aliphatic rings. The normalized spacial score (nSPS) is 20.2. The van der Waals surface area contributed by atoms with Gasteiger partial charge in [-0.15, -0.1) is 0 Å². The number of hydrazine groups is 1. The number of ketones is 2. The van der Waals surface area contributed by atoms with Crippen LogP contribution in [0.3, 0.4) is 0 Å². The summed E-state index contributed by atoms with van der Waals surface area (Å²) < 4.78 is 10.1. The minimum Gasteiger partial charge on any atom is -0.451 e. The van der Waals surface area contributed by atoms with Gasteiger partial charge in [0.05, 0.1) is 10.7 Å². The number of Topliss-reactive ketones (excluding diaryl/α,β-unsaturated/α-hetero) is 2. The molecule has 1 aliphatic carbocycles. The minimum absolute atomic E-state index is 0.0286. The monoisotopic (exact) mass is 562 g/mol. The maximum Gasteiger partial charge on any atom is 0.361 e. The fraction of sp³-hybridized carbons (Fsp3) is 0.241. The third kappa shape index (κ3) is 5.72. The highest BCUT2D eigenvalue weighted by Gasteiger charge is 2.53. The van der Waals surface area contributed by atoms with Crippen molar-refractivity contribution < 1.29 is 28.3 Å². The van der Waals surface area contributed by atoms with Gasteiger partial charge in [0.25, 0.3) is 5.91 Å². The number of rotatable bonds is 8. The molecule has 1 amide bonds. The lowest BCUT2D eigenvalue weighted by molar-refractivity contribution is -0.145. The molecular weight excluding hydrogens is 536 g/mol. The molecule has 2 atom stereocenters. The molecular formula is C29H27ClN4O6. The van der Waals surface area contributed by atoms with Crippen LogP contribution in [0.4, 0.5) is 0 Å². The first-order chi connectivity index (χ1) is 19.0. The van der Waals surface area contributed by atoms with E-state index in [4.69, 9.17) is 20.8 Å². The number of oxazole rings is 1. The van der Waals surface area contributed by atoms with Crippen LogP contribution in [0.15, 0.2) is 99.6 Å². The van der Waals surface area contributed by atoms with Crippen molar-refractivity contribution in [1.29, 1.82) is 0 Å². The maximum atomic E-state index is 13.7. The van der Waals surface area contributed by atoms with Gasteiger partial charge in [-0.25, -0.2) is 9.78 Å². The van der Waals surface area contributed by atoms with Crippen LogP contribution < -0.4 is 5.43 Å². The SMILES string of the molecule is CC[C@H](C)/C=C(C)/C=C/C1=CC2=C(Cl)C(=O)[C@](C)(OC(=O)c3cocn3)C(=O)C2=CN1NC(=O)c1ccncc1. The second-order valence-corrected chi connectivity index (χ2v) is 9.85. The fourth-order valence-electron chi connectivity index (χ4n) is 4.01. The number of carbonyl (C=O) groups is 4. The van der Waals surface area contributed by atoms with Crippen LogP contribution in [0, 0.1) is 5.92 Å². The fourth-order valence-corrected chi connectivity index (χ4v) is 4.34. The van der Waals surface area contributed by atoms with Gasteiger partial charge in [0, 0.05) is 35.3 Å². The summed E-state index contributed by atoms with van der Waals surface area (Å²) in [7, 11) is 0. The Labute approximate surface area is 235 Å². The van der Waals surface area contributed by atoms with Crippen molar-refractivity contribution in [3.8, 4) is 0 Å². The van der Waals surface area contributed by atoms with Gasteiger partial charge < -0.3 is 9.15 Å². The van der Waals surface area contributed by atoms with Crippen molar-refractivity contribution in [3.63, 3.8) is 0 Å². The third-order valence-electron chi connectivity index (χ3n) is 6.48. The Kier molecular flexibility index (Phi) is 8.29. The van der Waals surface area contributed by atoms with Crippen molar-refractivity contribution in [3.05, 3.63) is 106 Å². The number of hydrogen-bond donors (Lipinski definition) is 1. The number of aromatic nitrogens is 2. The molecule has 0 bridgehead atoms. The van der Waals surface area contributed by atoms with E-state index in [-0.39, 0.29) is 21.9 Å². The highest BCUT2D eigenvalue weighted by Crippen LogP contribution is 2.39. The maximum absolute atomic E-state index is 13.7. The molecule has 1 N–H and O–H groups in total. The van der Waals surface area contributed by atoms with E-state index >= 15 is 0 Å². The molecule has 0 unspecified atom stereocenters. The molecule has 40 heavy (non-hydrogen) atoms. The molecule has 2 aromatic rings. The number of allylic oxidation sites excluding steroid dienone is 6. The number of nitrogens with zero attached hydrogens (tertiary/aromatic N) is 3. The van der Waals surface area contributed by atoms with E-state index in [0.717, 1.165) is 31.6 Å². The van der Waals surface area contributed by atoms with Gasteiger partial charge in [0.1, 0.15) is 6.26 Å². The Bertz CT molecular complexity index is 1500. The van der Waals surface area contributed by atoms with Crippen molar-refractivity contribution in [2.75, 3.05) is 0 Å². The zero-order valence-electron chi connectivity index (χ0n) is 22.3. The third-order valence-corrected chi connectivity index (χ3v) is 6.85. The summed E-state index contributed by atoms with van der Waals surface area (Å²) in [5.41, 5.74) is 2.13. The predicted octanol–water partition coefficient (Wildman–Crippen LogP) is 4.61. The second-order valence-electron chi connectivity index (χ2n) is 9.47. The highest BCUT2D eigenvalue weighted by atomic mass is 35.5. The van der Waals surface area contributed by atoms with E-state index in [1.807, 2.05) is 13.0 Å². The average molecular weight is 563 g/mol. The lowest BCUT2D eigenvalue weighted by Gasteiger charge is -2.35. The highest BCUT2D eigenvalue weighted by molar-refractivity contribution is 6.49. The first kappa shape index (κ1) is 28.4. The van der Waals surface area contributed by atoms with Crippen LogP contribution in [-0.4, -0.2) is 44.0 Å². The number of esters is 1. The van der Waals surface area contributed by atoms with Gasteiger partial charge in [0.2, 0.25) is 17.2 Å². The van der Waals surface area contributed by atoms with E-state index in [1.165, 1.54) is 41.8 Å². The van der Waals surface area contributed by atoms with Crippen LogP contribution in [0.25, 0.3) is 0 Å². The van der Waals surface area contributed by atoms with Gasteiger partial charge >= 0.3 is 5.97 Å². The molecule has 11 heteroatoms. The Balaban J connectivity index is 1.75. The Hall–Kier alpha value is -4.57. The summed E-state index contributed by atoms with van der Waals surface area (Å²) in [5, 5.41) is 1.06.